The van der Waals surface area contributed by atoms with Gasteiger partial charge in [0.2, 0.25) is 5.82 Å². The summed E-state index contributed by atoms with van der Waals surface area (Å²) in [5.41, 5.74) is 6.23. The van der Waals surface area contributed by atoms with E-state index in [-0.39, 0.29) is 12.4 Å². The summed E-state index contributed by atoms with van der Waals surface area (Å²) in [7, 11) is 0. The van der Waals surface area contributed by atoms with Crippen LogP contribution < -0.4 is 11.1 Å². The van der Waals surface area contributed by atoms with E-state index in [0.717, 1.165) is 12.1 Å². The number of hydrogen-bond acceptors (Lipinski definition) is 4. The number of aryl methyl sites for hydroxylation is 1. The van der Waals surface area contributed by atoms with Crippen LogP contribution in [0.3, 0.4) is 0 Å². The molecule has 1 amide bonds. The number of hydrogen-bond donors (Lipinski definition) is 2. The molecule has 1 aromatic carbocycles. The number of anilines is 1. The Morgan fingerprint density at radius 1 is 1.25 bits per heavy atom. The molecule has 2 aromatic rings. The first kappa shape index (κ1) is 13.9. The lowest BCUT2D eigenvalue weighted by Gasteiger charge is -2.07. The molecule has 20 heavy (non-hydrogen) atoms. The number of primary amides is 1. The molecule has 0 unspecified atom stereocenters. The number of amides is 1. The Hall–Kier alpha value is -2.57. The molecule has 0 aliphatic heterocycles. The smallest absolute Gasteiger partial charge is 0.286 e. The van der Waals surface area contributed by atoms with Crippen LogP contribution in [-0.2, 0) is 6.54 Å². The van der Waals surface area contributed by atoms with Gasteiger partial charge in [-0.1, -0.05) is 6.07 Å². The minimum Gasteiger partial charge on any atom is -0.366 e. The number of rotatable bonds is 4. The van der Waals surface area contributed by atoms with Crippen molar-refractivity contribution in [3.05, 3.63) is 53.0 Å². The molecule has 0 radical (unpaired) electrons. The second-order valence-electron chi connectivity index (χ2n) is 4.18. The molecule has 0 spiro atoms. The molecule has 0 aliphatic carbocycles. The van der Waals surface area contributed by atoms with E-state index >= 15 is 0 Å². The predicted molar refractivity (Wildman–Crippen MR) is 69.0 cm³/mol. The molecule has 104 valence electrons. The quantitative estimate of drug-likeness (QED) is 0.893. The lowest BCUT2D eigenvalue weighted by atomic mass is 10.2. The van der Waals surface area contributed by atoms with E-state index in [4.69, 9.17) is 5.73 Å². The SMILES string of the molecule is Cc1cc(NCc2ccc(F)c(F)c2)nc(C(N)=O)n1. The first-order valence-electron chi connectivity index (χ1n) is 5.79. The molecule has 0 saturated heterocycles. The summed E-state index contributed by atoms with van der Waals surface area (Å²) in [5, 5.41) is 2.90. The Bertz CT molecular complexity index is 661. The molecule has 1 heterocycles. The van der Waals surface area contributed by atoms with Crippen molar-refractivity contribution in [2.24, 2.45) is 5.73 Å². The molecule has 0 saturated carbocycles. The van der Waals surface area contributed by atoms with Crippen LogP contribution in [0.25, 0.3) is 0 Å². The molecule has 1 aromatic heterocycles. The minimum absolute atomic E-state index is 0.0993. The first-order chi connectivity index (χ1) is 9.45. The highest BCUT2D eigenvalue weighted by atomic mass is 19.2. The van der Waals surface area contributed by atoms with Gasteiger partial charge in [-0.2, -0.15) is 0 Å². The number of aromatic nitrogens is 2. The van der Waals surface area contributed by atoms with Crippen molar-refractivity contribution < 1.29 is 13.6 Å². The van der Waals surface area contributed by atoms with Crippen molar-refractivity contribution in [3.63, 3.8) is 0 Å². The molecule has 0 aliphatic rings. The number of nitrogens with two attached hydrogens (primary N) is 1. The Morgan fingerprint density at radius 3 is 2.65 bits per heavy atom. The topological polar surface area (TPSA) is 80.9 Å². The molecule has 5 nitrogen and oxygen atoms in total. The summed E-state index contributed by atoms with van der Waals surface area (Å²) in [5.74, 6) is -2.26. The van der Waals surface area contributed by atoms with Gasteiger partial charge in [0.1, 0.15) is 5.82 Å². The molecule has 0 fully saturated rings. The number of nitrogens with zero attached hydrogens (tertiary/aromatic N) is 2. The van der Waals surface area contributed by atoms with Gasteiger partial charge in [-0.3, -0.25) is 4.79 Å². The van der Waals surface area contributed by atoms with Crippen molar-refractivity contribution in [2.75, 3.05) is 5.32 Å². The fourth-order valence-electron chi connectivity index (χ4n) is 1.61. The molecule has 0 atom stereocenters. The predicted octanol–water partition coefficient (Wildman–Crippen LogP) is 1.77. The van der Waals surface area contributed by atoms with Crippen LogP contribution in [0.1, 0.15) is 21.9 Å². The van der Waals surface area contributed by atoms with Gasteiger partial charge < -0.3 is 11.1 Å². The van der Waals surface area contributed by atoms with Gasteiger partial charge in [-0.05, 0) is 24.6 Å². The van der Waals surface area contributed by atoms with E-state index in [2.05, 4.69) is 15.3 Å². The van der Waals surface area contributed by atoms with Crippen molar-refractivity contribution in [3.8, 4) is 0 Å². The van der Waals surface area contributed by atoms with E-state index in [0.29, 0.717) is 17.1 Å². The minimum atomic E-state index is -0.916. The molecule has 2 rings (SSSR count). The second-order valence-corrected chi connectivity index (χ2v) is 4.18. The van der Waals surface area contributed by atoms with Gasteiger partial charge in [-0.25, -0.2) is 18.7 Å². The second kappa shape index (κ2) is 5.60. The van der Waals surface area contributed by atoms with Crippen LogP contribution in [-0.4, -0.2) is 15.9 Å². The van der Waals surface area contributed by atoms with E-state index in [9.17, 15) is 13.6 Å². The zero-order valence-electron chi connectivity index (χ0n) is 10.7. The Morgan fingerprint density at radius 2 is 2.00 bits per heavy atom. The standard InChI is InChI=1S/C13H12F2N4O/c1-7-4-11(19-13(18-7)12(16)20)17-6-8-2-3-9(14)10(15)5-8/h2-5H,6H2,1H3,(H2,16,20)(H,17,18,19). The van der Waals surface area contributed by atoms with E-state index in [1.165, 1.54) is 6.07 Å². The number of benzene rings is 1. The summed E-state index contributed by atoms with van der Waals surface area (Å²) in [6.45, 7) is 1.92. The van der Waals surface area contributed by atoms with Crippen LogP contribution in [0.4, 0.5) is 14.6 Å². The summed E-state index contributed by atoms with van der Waals surface area (Å²) in [6, 6.07) is 5.21. The number of nitrogens with one attached hydrogen (secondary N) is 1. The molecule has 0 bridgehead atoms. The third-order valence-corrected chi connectivity index (χ3v) is 2.53. The lowest BCUT2D eigenvalue weighted by Crippen LogP contribution is -2.17. The summed E-state index contributed by atoms with van der Waals surface area (Å²) in [4.78, 5) is 18.8. The normalized spacial score (nSPS) is 10.3. The average Bonchev–Trinajstić information content (AvgIpc) is 2.39. The van der Waals surface area contributed by atoms with Gasteiger partial charge in [0.05, 0.1) is 0 Å². The summed E-state index contributed by atoms with van der Waals surface area (Å²) in [6.07, 6.45) is 0. The fraction of sp³-hybridized carbons (Fsp3) is 0.154. The molecule has 3 N–H and O–H groups in total. The average molecular weight is 278 g/mol. The van der Waals surface area contributed by atoms with Crippen molar-refractivity contribution >= 4 is 11.7 Å². The van der Waals surface area contributed by atoms with Crippen LogP contribution in [0, 0.1) is 18.6 Å². The first-order valence-corrected chi connectivity index (χ1v) is 5.79. The van der Waals surface area contributed by atoms with Crippen LogP contribution >= 0.6 is 0 Å². The number of carbonyl (C=O) groups excluding carboxylic acids is 1. The molecular weight excluding hydrogens is 266 g/mol. The van der Waals surface area contributed by atoms with E-state index in [1.54, 1.807) is 13.0 Å². The van der Waals surface area contributed by atoms with Gasteiger partial charge in [0, 0.05) is 18.3 Å². The molecular formula is C13H12F2N4O. The largest absolute Gasteiger partial charge is 0.366 e. The van der Waals surface area contributed by atoms with Crippen LogP contribution in [0.5, 0.6) is 0 Å². The highest BCUT2D eigenvalue weighted by molar-refractivity contribution is 5.89. The van der Waals surface area contributed by atoms with Gasteiger partial charge in [0.25, 0.3) is 5.91 Å². The third kappa shape index (κ3) is 3.25. The van der Waals surface area contributed by atoms with E-state index < -0.39 is 17.5 Å². The Balaban J connectivity index is 2.14. The molecule has 7 heteroatoms. The third-order valence-electron chi connectivity index (χ3n) is 2.53. The van der Waals surface area contributed by atoms with Gasteiger partial charge in [0.15, 0.2) is 11.6 Å². The summed E-state index contributed by atoms with van der Waals surface area (Å²) < 4.78 is 25.8. The Kier molecular flexibility index (Phi) is 3.88. The number of halogens is 2. The summed E-state index contributed by atoms with van der Waals surface area (Å²) >= 11 is 0. The zero-order chi connectivity index (χ0) is 14.7. The van der Waals surface area contributed by atoms with Gasteiger partial charge >= 0.3 is 0 Å². The maximum atomic E-state index is 13.0. The highest BCUT2D eigenvalue weighted by Gasteiger charge is 2.08. The van der Waals surface area contributed by atoms with Crippen LogP contribution in [0.15, 0.2) is 24.3 Å². The van der Waals surface area contributed by atoms with Crippen LogP contribution in [0.2, 0.25) is 0 Å². The lowest BCUT2D eigenvalue weighted by molar-refractivity contribution is 0.0990. The van der Waals surface area contributed by atoms with Crippen molar-refractivity contribution in [2.45, 2.75) is 13.5 Å². The van der Waals surface area contributed by atoms with Gasteiger partial charge in [-0.15, -0.1) is 0 Å². The zero-order valence-corrected chi connectivity index (χ0v) is 10.7. The number of carbonyl (C=O) groups is 1. The fourth-order valence-corrected chi connectivity index (χ4v) is 1.61. The highest BCUT2D eigenvalue weighted by Crippen LogP contribution is 2.11. The Labute approximate surface area is 113 Å². The van der Waals surface area contributed by atoms with E-state index in [1.807, 2.05) is 0 Å². The van der Waals surface area contributed by atoms with Crippen molar-refractivity contribution in [1.29, 1.82) is 0 Å². The monoisotopic (exact) mass is 278 g/mol. The maximum absolute atomic E-state index is 13.0. The maximum Gasteiger partial charge on any atom is 0.286 e. The van der Waals surface area contributed by atoms with Crippen molar-refractivity contribution in [1.82, 2.24) is 9.97 Å².